The quantitative estimate of drug-likeness (QED) is 0.212. The maximum Gasteiger partial charge on any atom is 0.300 e. The Labute approximate surface area is 219 Å². The number of anilines is 1. The topological polar surface area (TPSA) is 66.8 Å². The van der Waals surface area contributed by atoms with Crippen LogP contribution in [0.15, 0.2) is 72.3 Å². The summed E-state index contributed by atoms with van der Waals surface area (Å²) in [6, 6.07) is 20.2. The lowest BCUT2D eigenvalue weighted by atomic mass is 9.92. The van der Waals surface area contributed by atoms with Crippen LogP contribution in [0.1, 0.15) is 80.3 Å². The second-order valence-electron chi connectivity index (χ2n) is 10.1. The Kier molecular flexibility index (Phi) is 7.53. The predicted octanol–water partition coefficient (Wildman–Crippen LogP) is 7.27. The Hall–Kier alpha value is -3.86. The minimum atomic E-state index is -0.752. The van der Waals surface area contributed by atoms with E-state index in [1.807, 2.05) is 62.4 Å². The third-order valence-corrected chi connectivity index (χ3v) is 6.95. The van der Waals surface area contributed by atoms with E-state index in [-0.39, 0.29) is 11.3 Å². The fourth-order valence-electron chi connectivity index (χ4n) is 4.77. The van der Waals surface area contributed by atoms with Gasteiger partial charge in [-0.05, 0) is 78.3 Å². The van der Waals surface area contributed by atoms with Crippen molar-refractivity contribution in [2.75, 3.05) is 11.5 Å². The number of ketones is 1. The number of hydrogen-bond acceptors (Lipinski definition) is 4. The Bertz CT molecular complexity index is 1330. The van der Waals surface area contributed by atoms with Gasteiger partial charge in [0.2, 0.25) is 0 Å². The fourth-order valence-corrected chi connectivity index (χ4v) is 4.77. The number of benzene rings is 3. The summed E-state index contributed by atoms with van der Waals surface area (Å²) in [5, 5.41) is 11.4. The highest BCUT2D eigenvalue weighted by Gasteiger charge is 2.47. The third kappa shape index (κ3) is 5.04. The molecule has 1 saturated heterocycles. The first-order chi connectivity index (χ1) is 17.6. The van der Waals surface area contributed by atoms with E-state index in [1.54, 1.807) is 18.2 Å². The van der Waals surface area contributed by atoms with Crippen molar-refractivity contribution in [1.29, 1.82) is 0 Å². The van der Waals surface area contributed by atoms with Gasteiger partial charge in [0.1, 0.15) is 11.5 Å². The van der Waals surface area contributed by atoms with Gasteiger partial charge in [0, 0.05) is 11.3 Å². The Balaban J connectivity index is 1.88. The van der Waals surface area contributed by atoms with Gasteiger partial charge in [0.25, 0.3) is 11.7 Å². The van der Waals surface area contributed by atoms with E-state index in [4.69, 9.17) is 4.74 Å². The molecule has 0 bridgehead atoms. The molecule has 0 radical (unpaired) electrons. The minimum Gasteiger partial charge on any atom is -0.507 e. The summed E-state index contributed by atoms with van der Waals surface area (Å²) in [5.41, 5.74) is 5.07. The van der Waals surface area contributed by atoms with Crippen LogP contribution in [-0.4, -0.2) is 23.4 Å². The van der Waals surface area contributed by atoms with Gasteiger partial charge in [-0.3, -0.25) is 14.5 Å². The Morgan fingerprint density at radius 1 is 0.892 bits per heavy atom. The fraction of sp³-hybridized carbons (Fsp3) is 0.312. The third-order valence-electron chi connectivity index (χ3n) is 6.95. The lowest BCUT2D eigenvalue weighted by molar-refractivity contribution is -0.132. The molecule has 0 saturated carbocycles. The summed E-state index contributed by atoms with van der Waals surface area (Å²) < 4.78 is 5.63. The number of rotatable bonds is 7. The van der Waals surface area contributed by atoms with Crippen molar-refractivity contribution in [3.05, 3.63) is 100 Å². The van der Waals surface area contributed by atoms with Crippen molar-refractivity contribution in [2.45, 2.75) is 59.4 Å². The molecule has 1 unspecified atom stereocenters. The lowest BCUT2D eigenvalue weighted by Gasteiger charge is -2.26. The standard InChI is InChI=1S/C32H35NO4/c1-7-37-27-17-14-25(18-21(27)6)30(34)28-29(24-10-8-22(9-11-24)19(2)3)33(32(36)31(28)35)26-15-12-23(13-16-26)20(4)5/h8-20,29,34H,7H2,1-6H3/b30-28-. The highest BCUT2D eigenvalue weighted by Crippen LogP contribution is 2.43. The molecule has 5 heteroatoms. The maximum atomic E-state index is 13.5. The van der Waals surface area contributed by atoms with Gasteiger partial charge < -0.3 is 9.84 Å². The van der Waals surface area contributed by atoms with Crippen LogP contribution in [0.3, 0.4) is 0 Å². The molecule has 1 aliphatic rings. The smallest absolute Gasteiger partial charge is 0.300 e. The van der Waals surface area contributed by atoms with Crippen molar-refractivity contribution in [1.82, 2.24) is 0 Å². The number of Topliss-reactive ketones (excluding diaryl/α,β-unsaturated/α-hetero) is 1. The summed E-state index contributed by atoms with van der Waals surface area (Å²) in [5.74, 6) is -0.147. The SMILES string of the molecule is CCOc1ccc(/C(O)=C2/C(=O)C(=O)N(c3ccc(C(C)C)cc3)C2c2ccc(C(C)C)cc2)cc1C. The normalized spacial score (nSPS) is 17.2. The van der Waals surface area contributed by atoms with Crippen LogP contribution < -0.4 is 9.64 Å². The molecule has 1 aliphatic heterocycles. The Morgan fingerprint density at radius 3 is 1.97 bits per heavy atom. The van der Waals surface area contributed by atoms with Gasteiger partial charge in [0.05, 0.1) is 18.2 Å². The summed E-state index contributed by atoms with van der Waals surface area (Å²) in [6.07, 6.45) is 0. The van der Waals surface area contributed by atoms with Gasteiger partial charge in [-0.25, -0.2) is 0 Å². The zero-order chi connectivity index (χ0) is 26.9. The molecule has 1 fully saturated rings. The molecular formula is C32H35NO4. The van der Waals surface area contributed by atoms with Crippen LogP contribution in [0.4, 0.5) is 5.69 Å². The molecule has 0 aromatic heterocycles. The van der Waals surface area contributed by atoms with Crippen molar-refractivity contribution in [3.8, 4) is 5.75 Å². The first-order valence-electron chi connectivity index (χ1n) is 12.9. The molecule has 1 N–H and O–H groups in total. The van der Waals surface area contributed by atoms with Crippen molar-refractivity contribution in [2.24, 2.45) is 0 Å². The van der Waals surface area contributed by atoms with E-state index in [2.05, 4.69) is 27.7 Å². The molecule has 0 aliphatic carbocycles. The van der Waals surface area contributed by atoms with Crippen LogP contribution in [-0.2, 0) is 9.59 Å². The minimum absolute atomic E-state index is 0.0822. The van der Waals surface area contributed by atoms with E-state index in [0.717, 1.165) is 22.3 Å². The van der Waals surface area contributed by atoms with Gasteiger partial charge in [-0.2, -0.15) is 0 Å². The Morgan fingerprint density at radius 2 is 1.46 bits per heavy atom. The number of aryl methyl sites for hydroxylation is 1. The maximum absolute atomic E-state index is 13.5. The van der Waals surface area contributed by atoms with Crippen LogP contribution in [0.5, 0.6) is 5.75 Å². The average Bonchev–Trinajstić information content (AvgIpc) is 3.15. The zero-order valence-corrected chi connectivity index (χ0v) is 22.4. The lowest BCUT2D eigenvalue weighted by Crippen LogP contribution is -2.29. The summed E-state index contributed by atoms with van der Waals surface area (Å²) in [4.78, 5) is 28.4. The molecule has 5 nitrogen and oxygen atoms in total. The molecule has 3 aromatic rings. The van der Waals surface area contributed by atoms with E-state index >= 15 is 0 Å². The van der Waals surface area contributed by atoms with E-state index in [9.17, 15) is 14.7 Å². The van der Waals surface area contributed by atoms with Gasteiger partial charge in [-0.1, -0.05) is 64.1 Å². The monoisotopic (exact) mass is 497 g/mol. The highest BCUT2D eigenvalue weighted by molar-refractivity contribution is 6.51. The van der Waals surface area contributed by atoms with Gasteiger partial charge in [-0.15, -0.1) is 0 Å². The predicted molar refractivity (Wildman–Crippen MR) is 148 cm³/mol. The molecule has 0 spiro atoms. The number of aliphatic hydroxyl groups is 1. The zero-order valence-electron chi connectivity index (χ0n) is 22.4. The number of amides is 1. The molecule has 1 heterocycles. The molecule has 1 atom stereocenters. The first kappa shape index (κ1) is 26.2. The number of hydrogen-bond donors (Lipinski definition) is 1. The number of aliphatic hydroxyl groups excluding tert-OH is 1. The number of carbonyl (C=O) groups is 2. The second kappa shape index (κ2) is 10.6. The van der Waals surface area contributed by atoms with E-state index < -0.39 is 17.7 Å². The van der Waals surface area contributed by atoms with Crippen LogP contribution in [0, 0.1) is 6.92 Å². The number of nitrogens with zero attached hydrogens (tertiary/aromatic N) is 1. The molecule has 192 valence electrons. The molecular weight excluding hydrogens is 462 g/mol. The van der Waals surface area contributed by atoms with Gasteiger partial charge >= 0.3 is 0 Å². The average molecular weight is 498 g/mol. The summed E-state index contributed by atoms with van der Waals surface area (Å²) in [6.45, 7) is 12.8. The van der Waals surface area contributed by atoms with Crippen molar-refractivity contribution >= 4 is 23.1 Å². The van der Waals surface area contributed by atoms with Crippen LogP contribution in [0.25, 0.3) is 5.76 Å². The van der Waals surface area contributed by atoms with Crippen LogP contribution >= 0.6 is 0 Å². The number of carbonyl (C=O) groups excluding carboxylic acids is 2. The largest absolute Gasteiger partial charge is 0.507 e. The molecule has 37 heavy (non-hydrogen) atoms. The molecule has 4 rings (SSSR count). The van der Waals surface area contributed by atoms with Crippen LogP contribution in [0.2, 0.25) is 0 Å². The summed E-state index contributed by atoms with van der Waals surface area (Å²) >= 11 is 0. The highest BCUT2D eigenvalue weighted by atomic mass is 16.5. The molecule has 1 amide bonds. The number of ether oxygens (including phenoxy) is 1. The second-order valence-corrected chi connectivity index (χ2v) is 10.1. The van der Waals surface area contributed by atoms with Gasteiger partial charge in [0.15, 0.2) is 0 Å². The van der Waals surface area contributed by atoms with E-state index in [1.165, 1.54) is 4.90 Å². The van der Waals surface area contributed by atoms with Crippen molar-refractivity contribution in [3.63, 3.8) is 0 Å². The molecule has 3 aromatic carbocycles. The van der Waals surface area contributed by atoms with E-state index in [0.29, 0.717) is 35.4 Å². The first-order valence-corrected chi connectivity index (χ1v) is 12.9. The summed E-state index contributed by atoms with van der Waals surface area (Å²) in [7, 11) is 0. The van der Waals surface area contributed by atoms with Crippen molar-refractivity contribution < 1.29 is 19.4 Å².